The highest BCUT2D eigenvalue weighted by atomic mass is 16.5. The lowest BCUT2D eigenvalue weighted by atomic mass is 9.72. The Balaban J connectivity index is 1.68. The van der Waals surface area contributed by atoms with Gasteiger partial charge in [0.15, 0.2) is 5.78 Å². The van der Waals surface area contributed by atoms with E-state index in [0.717, 1.165) is 33.6 Å². The number of anilines is 1. The van der Waals surface area contributed by atoms with Crippen LogP contribution in [0.5, 0.6) is 5.75 Å². The third-order valence-corrected chi connectivity index (χ3v) is 6.77. The Labute approximate surface area is 194 Å². The van der Waals surface area contributed by atoms with Gasteiger partial charge in [0, 0.05) is 41.3 Å². The maximum Gasteiger partial charge on any atom is 0.232 e. The predicted octanol–water partition coefficient (Wildman–Crippen LogP) is 5.92. The average Bonchev–Trinajstić information content (AvgIpc) is 2.83. The minimum absolute atomic E-state index is 0.0109. The van der Waals surface area contributed by atoms with Gasteiger partial charge in [-0.15, -0.1) is 0 Å². The number of nitrogens with zero attached hydrogens (tertiary/aromatic N) is 1. The Hall–Kier alpha value is -3.66. The van der Waals surface area contributed by atoms with E-state index in [0.29, 0.717) is 18.6 Å². The number of allylic oxidation sites excluding steroid dienone is 2. The van der Waals surface area contributed by atoms with E-state index in [1.54, 1.807) is 12.0 Å². The summed E-state index contributed by atoms with van der Waals surface area (Å²) in [7, 11) is 1.63. The summed E-state index contributed by atoms with van der Waals surface area (Å²) in [5, 5.41) is 0. The molecule has 2 atom stereocenters. The molecule has 3 aromatic carbocycles. The van der Waals surface area contributed by atoms with E-state index in [9.17, 15) is 9.59 Å². The van der Waals surface area contributed by atoms with Crippen LogP contribution in [0, 0.1) is 6.92 Å². The van der Waals surface area contributed by atoms with Crippen molar-refractivity contribution < 1.29 is 14.3 Å². The van der Waals surface area contributed by atoms with E-state index >= 15 is 0 Å². The van der Waals surface area contributed by atoms with E-state index in [1.165, 1.54) is 0 Å². The highest BCUT2D eigenvalue weighted by Gasteiger charge is 2.43. The topological polar surface area (TPSA) is 46.6 Å². The Bertz CT molecular complexity index is 1240. The van der Waals surface area contributed by atoms with Gasteiger partial charge in [-0.25, -0.2) is 0 Å². The van der Waals surface area contributed by atoms with Gasteiger partial charge >= 0.3 is 0 Å². The van der Waals surface area contributed by atoms with Crippen LogP contribution >= 0.6 is 0 Å². The standard InChI is InChI=1S/C29H27NO3/c1-19-9-8-12-22(15-19)30-25-16-21(20-10-4-3-5-11-20)17-26(31)29(25)24(18-28(30)32)23-13-6-7-14-27(23)33-2/h3-15,21,24H,16-18H2,1-2H3. The summed E-state index contributed by atoms with van der Waals surface area (Å²) in [6.07, 6.45) is 1.34. The highest BCUT2D eigenvalue weighted by molar-refractivity contribution is 6.08. The monoisotopic (exact) mass is 437 g/mol. The molecule has 0 spiro atoms. The number of para-hydroxylation sites is 1. The molecule has 0 aromatic heterocycles. The summed E-state index contributed by atoms with van der Waals surface area (Å²) < 4.78 is 5.61. The Kier molecular flexibility index (Phi) is 5.59. The van der Waals surface area contributed by atoms with Crippen LogP contribution < -0.4 is 9.64 Å². The molecule has 0 N–H and O–H groups in total. The third-order valence-electron chi connectivity index (χ3n) is 6.77. The number of ketones is 1. The normalized spacial score (nSPS) is 20.6. The van der Waals surface area contributed by atoms with Gasteiger partial charge in [-0.05, 0) is 48.6 Å². The van der Waals surface area contributed by atoms with E-state index in [-0.39, 0.29) is 29.9 Å². The molecular formula is C29H27NO3. The van der Waals surface area contributed by atoms with Crippen LogP contribution in [0.25, 0.3) is 0 Å². The molecule has 0 fully saturated rings. The molecule has 1 aliphatic carbocycles. The zero-order chi connectivity index (χ0) is 22.9. The molecule has 1 aliphatic heterocycles. The van der Waals surface area contributed by atoms with Crippen molar-refractivity contribution in [3.63, 3.8) is 0 Å². The van der Waals surface area contributed by atoms with Crippen molar-refractivity contribution in [2.45, 2.75) is 38.0 Å². The first-order valence-electron chi connectivity index (χ1n) is 11.4. The summed E-state index contributed by atoms with van der Waals surface area (Å²) in [6, 6.07) is 25.8. The molecule has 1 heterocycles. The number of methoxy groups -OCH3 is 1. The van der Waals surface area contributed by atoms with Gasteiger partial charge in [-0.1, -0.05) is 60.7 Å². The minimum atomic E-state index is -0.297. The maximum absolute atomic E-state index is 13.7. The fraction of sp³-hybridized carbons (Fsp3) is 0.241. The largest absolute Gasteiger partial charge is 0.496 e. The van der Waals surface area contributed by atoms with Crippen LogP contribution in [-0.2, 0) is 9.59 Å². The molecule has 0 saturated heterocycles. The molecule has 4 heteroatoms. The lowest BCUT2D eigenvalue weighted by Gasteiger charge is -2.40. The van der Waals surface area contributed by atoms with Gasteiger partial charge in [0.25, 0.3) is 0 Å². The van der Waals surface area contributed by atoms with Gasteiger partial charge in [-0.2, -0.15) is 0 Å². The molecule has 0 radical (unpaired) electrons. The number of hydrogen-bond donors (Lipinski definition) is 0. The first-order valence-corrected chi connectivity index (χ1v) is 11.4. The summed E-state index contributed by atoms with van der Waals surface area (Å²) >= 11 is 0. The lowest BCUT2D eigenvalue weighted by Crippen LogP contribution is -2.41. The number of rotatable bonds is 4. The Morgan fingerprint density at radius 1 is 0.848 bits per heavy atom. The number of aryl methyl sites for hydroxylation is 1. The second-order valence-electron chi connectivity index (χ2n) is 8.87. The van der Waals surface area contributed by atoms with Gasteiger partial charge in [0.1, 0.15) is 5.75 Å². The van der Waals surface area contributed by atoms with E-state index in [2.05, 4.69) is 12.1 Å². The second kappa shape index (κ2) is 8.70. The van der Waals surface area contributed by atoms with Gasteiger partial charge < -0.3 is 4.74 Å². The molecule has 0 bridgehead atoms. The fourth-order valence-electron chi connectivity index (χ4n) is 5.28. The van der Waals surface area contributed by atoms with Crippen LogP contribution in [-0.4, -0.2) is 18.8 Å². The molecule has 4 nitrogen and oxygen atoms in total. The molecule has 2 unspecified atom stereocenters. The molecule has 2 aliphatic rings. The van der Waals surface area contributed by atoms with Crippen LogP contribution in [0.15, 0.2) is 90.1 Å². The summed E-state index contributed by atoms with van der Waals surface area (Å²) in [4.78, 5) is 29.1. The Morgan fingerprint density at radius 2 is 1.61 bits per heavy atom. The first-order chi connectivity index (χ1) is 16.1. The van der Waals surface area contributed by atoms with Gasteiger partial charge in [0.2, 0.25) is 5.91 Å². The van der Waals surface area contributed by atoms with Crippen LogP contribution in [0.3, 0.4) is 0 Å². The van der Waals surface area contributed by atoms with Crippen LogP contribution in [0.4, 0.5) is 5.69 Å². The van der Waals surface area contributed by atoms with Gasteiger partial charge in [0.05, 0.1) is 7.11 Å². The second-order valence-corrected chi connectivity index (χ2v) is 8.87. The van der Waals surface area contributed by atoms with E-state index in [4.69, 9.17) is 4.74 Å². The number of Topliss-reactive ketones (excluding diaryl/α,β-unsaturated/α-hetero) is 1. The number of amides is 1. The van der Waals surface area contributed by atoms with Crippen molar-refractivity contribution in [1.82, 2.24) is 0 Å². The molecule has 1 amide bonds. The van der Waals surface area contributed by atoms with Crippen molar-refractivity contribution >= 4 is 17.4 Å². The fourth-order valence-corrected chi connectivity index (χ4v) is 5.28. The first kappa shape index (κ1) is 21.2. The minimum Gasteiger partial charge on any atom is -0.496 e. The van der Waals surface area contributed by atoms with Crippen molar-refractivity contribution in [2.24, 2.45) is 0 Å². The number of carbonyl (C=O) groups excluding carboxylic acids is 2. The smallest absolute Gasteiger partial charge is 0.232 e. The van der Waals surface area contributed by atoms with E-state index in [1.807, 2.05) is 73.7 Å². The van der Waals surface area contributed by atoms with Crippen molar-refractivity contribution in [2.75, 3.05) is 12.0 Å². The number of benzene rings is 3. The Morgan fingerprint density at radius 3 is 2.36 bits per heavy atom. The zero-order valence-electron chi connectivity index (χ0n) is 19.0. The summed E-state index contributed by atoms with van der Waals surface area (Å²) in [6.45, 7) is 2.02. The zero-order valence-corrected chi connectivity index (χ0v) is 19.0. The number of carbonyl (C=O) groups is 2. The lowest BCUT2D eigenvalue weighted by molar-refractivity contribution is -0.120. The number of ether oxygens (including phenoxy) is 1. The van der Waals surface area contributed by atoms with Crippen molar-refractivity contribution in [3.8, 4) is 5.75 Å². The highest BCUT2D eigenvalue weighted by Crippen LogP contribution is 2.48. The summed E-state index contributed by atoms with van der Waals surface area (Å²) in [5.41, 5.74) is 5.53. The quantitative estimate of drug-likeness (QED) is 0.509. The molecule has 0 saturated carbocycles. The van der Waals surface area contributed by atoms with Gasteiger partial charge in [-0.3, -0.25) is 14.5 Å². The van der Waals surface area contributed by atoms with Crippen molar-refractivity contribution in [1.29, 1.82) is 0 Å². The molecule has 3 aromatic rings. The third kappa shape index (κ3) is 3.86. The molecule has 33 heavy (non-hydrogen) atoms. The van der Waals surface area contributed by atoms with Crippen LogP contribution in [0.2, 0.25) is 0 Å². The van der Waals surface area contributed by atoms with Crippen LogP contribution in [0.1, 0.15) is 47.8 Å². The number of hydrogen-bond acceptors (Lipinski definition) is 3. The SMILES string of the molecule is COc1ccccc1C1CC(=O)N(c2cccc(C)c2)C2=C1C(=O)CC(c1ccccc1)C2. The predicted molar refractivity (Wildman–Crippen MR) is 129 cm³/mol. The molecule has 5 rings (SSSR count). The van der Waals surface area contributed by atoms with E-state index < -0.39 is 0 Å². The molecule has 166 valence electrons. The summed E-state index contributed by atoms with van der Waals surface area (Å²) in [5.74, 6) is 0.593. The van der Waals surface area contributed by atoms with Crippen molar-refractivity contribution in [3.05, 3.63) is 107 Å². The molecular weight excluding hydrogens is 410 g/mol. The maximum atomic E-state index is 13.7. The average molecular weight is 438 g/mol.